The van der Waals surface area contributed by atoms with Crippen molar-refractivity contribution in [3.63, 3.8) is 0 Å². The number of nitrogens with zero attached hydrogens (tertiary/aromatic N) is 3. The van der Waals surface area contributed by atoms with Crippen LogP contribution in [0.15, 0.2) is 24.3 Å². The van der Waals surface area contributed by atoms with E-state index in [-0.39, 0.29) is 24.2 Å². The van der Waals surface area contributed by atoms with Crippen LogP contribution in [0.25, 0.3) is 0 Å². The van der Waals surface area contributed by atoms with Gasteiger partial charge in [0.1, 0.15) is 12.5 Å². The van der Waals surface area contributed by atoms with E-state index in [9.17, 15) is 32.8 Å². The molecule has 2 rings (SSSR count). The van der Waals surface area contributed by atoms with Gasteiger partial charge in [-0.05, 0) is 31.5 Å². The molecule has 0 saturated carbocycles. The van der Waals surface area contributed by atoms with Gasteiger partial charge < -0.3 is 20.4 Å². The fourth-order valence-corrected chi connectivity index (χ4v) is 5.39. The van der Waals surface area contributed by atoms with Gasteiger partial charge >= 0.3 is 6.18 Å². The third-order valence-corrected chi connectivity index (χ3v) is 7.26. The molecule has 0 radical (unpaired) electrons. The van der Waals surface area contributed by atoms with Gasteiger partial charge in [0.05, 0.1) is 16.7 Å². The number of amides is 3. The molecule has 12 heteroatoms. The number of thioether (sulfide) groups is 1. The van der Waals surface area contributed by atoms with Crippen molar-refractivity contribution in [1.29, 1.82) is 5.26 Å². The van der Waals surface area contributed by atoms with E-state index in [4.69, 9.17) is 0 Å². The molecule has 2 N–H and O–H groups in total. The Hall–Kier alpha value is -2.94. The Bertz CT molecular complexity index is 982. The molecule has 3 atom stereocenters. The van der Waals surface area contributed by atoms with E-state index in [1.54, 1.807) is 35.2 Å². The number of hydrogen-bond acceptors (Lipinski definition) is 6. The van der Waals surface area contributed by atoms with Gasteiger partial charge in [-0.25, -0.2) is 0 Å². The Balaban J connectivity index is 1.95. The minimum atomic E-state index is -4.57. The quantitative estimate of drug-likeness (QED) is 0.456. The Labute approximate surface area is 213 Å². The van der Waals surface area contributed by atoms with Crippen LogP contribution in [0.3, 0.4) is 0 Å². The van der Waals surface area contributed by atoms with E-state index in [1.165, 1.54) is 11.8 Å². The van der Waals surface area contributed by atoms with Crippen molar-refractivity contribution in [2.24, 2.45) is 11.8 Å². The molecule has 198 valence electrons. The van der Waals surface area contributed by atoms with Crippen LogP contribution in [-0.2, 0) is 14.4 Å². The largest absolute Gasteiger partial charge is 0.405 e. The highest BCUT2D eigenvalue weighted by Crippen LogP contribution is 2.37. The zero-order chi connectivity index (χ0) is 27.0. The van der Waals surface area contributed by atoms with Crippen LogP contribution in [-0.4, -0.2) is 66.1 Å². The second-order valence-electron chi connectivity index (χ2n) is 8.77. The van der Waals surface area contributed by atoms with Gasteiger partial charge in [0, 0.05) is 43.9 Å². The van der Waals surface area contributed by atoms with Gasteiger partial charge in [-0.15, -0.1) is 11.8 Å². The molecule has 3 unspecified atom stereocenters. The summed E-state index contributed by atoms with van der Waals surface area (Å²) < 4.78 is 37.2. The maximum atomic E-state index is 12.9. The SMILES string of the molecule is CCN1C(=O)C(CCNc2cccc(N(C)C(=O)C(C)C)c2)SC1CC(C#N)C(=O)NCC(F)(F)F. The van der Waals surface area contributed by atoms with Crippen LogP contribution >= 0.6 is 11.8 Å². The molecule has 1 aromatic carbocycles. The molecule has 1 aromatic rings. The first-order valence-corrected chi connectivity index (χ1v) is 12.6. The highest BCUT2D eigenvalue weighted by molar-refractivity contribution is 8.01. The summed E-state index contributed by atoms with van der Waals surface area (Å²) in [6.07, 6.45) is -4.15. The minimum Gasteiger partial charge on any atom is -0.385 e. The summed E-state index contributed by atoms with van der Waals surface area (Å²) in [5.74, 6) is -2.56. The van der Waals surface area contributed by atoms with Crippen LogP contribution in [0.4, 0.5) is 24.5 Å². The average Bonchev–Trinajstić information content (AvgIpc) is 3.13. The van der Waals surface area contributed by atoms with E-state index >= 15 is 0 Å². The molecule has 3 amide bonds. The first-order valence-electron chi connectivity index (χ1n) is 11.7. The Morgan fingerprint density at radius 1 is 1.31 bits per heavy atom. The first-order chi connectivity index (χ1) is 16.9. The van der Waals surface area contributed by atoms with Crippen molar-refractivity contribution in [1.82, 2.24) is 10.2 Å². The first kappa shape index (κ1) is 29.3. The van der Waals surface area contributed by atoms with Crippen molar-refractivity contribution in [3.05, 3.63) is 24.3 Å². The number of hydrogen-bond donors (Lipinski definition) is 2. The standard InChI is InChI=1S/C24H32F3N5O3S/c1-5-32-20(11-16(13-28)21(33)30-14-24(25,26)27)36-19(23(32)35)9-10-29-17-7-6-8-18(12-17)31(4)22(34)15(2)3/h6-8,12,15-16,19-20,29H,5,9-11,14H2,1-4H3,(H,30,33). The summed E-state index contributed by atoms with van der Waals surface area (Å²) in [5, 5.41) is 13.4. The maximum absolute atomic E-state index is 12.9. The van der Waals surface area contributed by atoms with Crippen LogP contribution in [0.1, 0.15) is 33.6 Å². The number of rotatable bonds is 11. The number of anilines is 2. The smallest absolute Gasteiger partial charge is 0.385 e. The van der Waals surface area contributed by atoms with Gasteiger partial charge in [0.15, 0.2) is 0 Å². The number of halogens is 3. The zero-order valence-corrected chi connectivity index (χ0v) is 21.6. The van der Waals surface area contributed by atoms with Gasteiger partial charge in [-0.1, -0.05) is 19.9 Å². The number of alkyl halides is 3. The minimum absolute atomic E-state index is 0.00596. The molecule has 1 heterocycles. The molecule has 36 heavy (non-hydrogen) atoms. The summed E-state index contributed by atoms with van der Waals surface area (Å²) >= 11 is 1.32. The maximum Gasteiger partial charge on any atom is 0.405 e. The monoisotopic (exact) mass is 527 g/mol. The molecular formula is C24H32F3N5O3S. The van der Waals surface area contributed by atoms with Crippen LogP contribution in [0.5, 0.6) is 0 Å². The van der Waals surface area contributed by atoms with E-state index in [1.807, 2.05) is 38.1 Å². The van der Waals surface area contributed by atoms with E-state index in [0.717, 1.165) is 11.4 Å². The fourth-order valence-electron chi connectivity index (χ4n) is 3.80. The molecule has 1 fully saturated rings. The molecule has 1 aliphatic heterocycles. The van der Waals surface area contributed by atoms with Crippen molar-refractivity contribution in [2.45, 2.75) is 50.4 Å². The lowest BCUT2D eigenvalue weighted by molar-refractivity contribution is -0.140. The summed E-state index contributed by atoms with van der Waals surface area (Å²) in [5.41, 5.74) is 1.54. The Morgan fingerprint density at radius 2 is 2.00 bits per heavy atom. The van der Waals surface area contributed by atoms with Gasteiger partial charge in [-0.3, -0.25) is 14.4 Å². The lowest BCUT2D eigenvalue weighted by Crippen LogP contribution is -2.40. The summed E-state index contributed by atoms with van der Waals surface area (Å²) in [4.78, 5) is 40.3. The Kier molecular flexibility index (Phi) is 10.5. The molecule has 1 aliphatic rings. The highest BCUT2D eigenvalue weighted by atomic mass is 32.2. The Morgan fingerprint density at radius 3 is 2.58 bits per heavy atom. The lowest BCUT2D eigenvalue weighted by Gasteiger charge is -2.23. The zero-order valence-electron chi connectivity index (χ0n) is 20.8. The molecular weight excluding hydrogens is 495 g/mol. The summed E-state index contributed by atoms with van der Waals surface area (Å²) in [7, 11) is 1.71. The number of nitriles is 1. The molecule has 0 aliphatic carbocycles. The van der Waals surface area contributed by atoms with Crippen molar-refractivity contribution < 1.29 is 27.6 Å². The number of carbonyl (C=O) groups is 3. The van der Waals surface area contributed by atoms with Crippen LogP contribution in [0.2, 0.25) is 0 Å². The van der Waals surface area contributed by atoms with Crippen LogP contribution in [0, 0.1) is 23.2 Å². The average molecular weight is 528 g/mol. The third kappa shape index (κ3) is 8.05. The van der Waals surface area contributed by atoms with Crippen molar-refractivity contribution in [2.75, 3.05) is 36.9 Å². The van der Waals surface area contributed by atoms with E-state index in [0.29, 0.717) is 19.5 Å². The number of nitrogens with one attached hydrogen (secondary N) is 2. The fraction of sp³-hybridized carbons (Fsp3) is 0.583. The normalized spacial score (nSPS) is 18.6. The number of benzene rings is 1. The van der Waals surface area contributed by atoms with Gasteiger partial charge in [0.25, 0.3) is 0 Å². The van der Waals surface area contributed by atoms with E-state index < -0.39 is 35.2 Å². The predicted octanol–water partition coefficient (Wildman–Crippen LogP) is 3.61. The topological polar surface area (TPSA) is 106 Å². The third-order valence-electron chi connectivity index (χ3n) is 5.73. The summed E-state index contributed by atoms with van der Waals surface area (Å²) in [6.45, 7) is 4.76. The second kappa shape index (κ2) is 12.9. The van der Waals surface area contributed by atoms with Crippen LogP contribution < -0.4 is 15.5 Å². The van der Waals surface area contributed by atoms with Crippen molar-refractivity contribution >= 4 is 40.9 Å². The molecule has 8 nitrogen and oxygen atoms in total. The predicted molar refractivity (Wildman–Crippen MR) is 133 cm³/mol. The molecule has 0 bridgehead atoms. The van der Waals surface area contributed by atoms with Crippen molar-refractivity contribution in [3.8, 4) is 6.07 Å². The highest BCUT2D eigenvalue weighted by Gasteiger charge is 2.41. The number of carbonyl (C=O) groups excluding carboxylic acids is 3. The lowest BCUT2D eigenvalue weighted by atomic mass is 10.1. The molecule has 0 spiro atoms. The van der Waals surface area contributed by atoms with Gasteiger partial charge in [-0.2, -0.15) is 18.4 Å². The molecule has 1 saturated heterocycles. The molecule has 0 aromatic heterocycles. The van der Waals surface area contributed by atoms with E-state index in [2.05, 4.69) is 5.32 Å². The summed E-state index contributed by atoms with van der Waals surface area (Å²) in [6, 6.07) is 9.14. The van der Waals surface area contributed by atoms with Gasteiger partial charge in [0.2, 0.25) is 17.7 Å². The second-order valence-corrected chi connectivity index (χ2v) is 10.2.